The Morgan fingerprint density at radius 2 is 1.69 bits per heavy atom. The van der Waals surface area contributed by atoms with Crippen molar-refractivity contribution >= 4 is 12.1 Å². The van der Waals surface area contributed by atoms with Gasteiger partial charge in [-0.05, 0) is 42.0 Å². The van der Waals surface area contributed by atoms with E-state index in [0.29, 0.717) is 12.4 Å². The van der Waals surface area contributed by atoms with Crippen molar-refractivity contribution in [2.24, 2.45) is 5.10 Å². The Bertz CT molecular complexity index is 1160. The van der Waals surface area contributed by atoms with Gasteiger partial charge in [-0.1, -0.05) is 61.2 Å². The molecule has 7 heteroatoms. The molecular weight excluding hydrogens is 402 g/mol. The van der Waals surface area contributed by atoms with Crippen LogP contribution < -0.4 is 10.2 Å². The Labute approximate surface area is 185 Å². The molecule has 4 rings (SSSR count). The molecule has 4 aromatic rings. The number of rotatable bonds is 8. The van der Waals surface area contributed by atoms with Crippen LogP contribution in [0.3, 0.4) is 0 Å². The van der Waals surface area contributed by atoms with E-state index in [2.05, 4.69) is 27.2 Å². The zero-order chi connectivity index (χ0) is 22.2. The normalized spacial score (nSPS) is 10.8. The highest BCUT2D eigenvalue weighted by Crippen LogP contribution is 2.21. The van der Waals surface area contributed by atoms with Crippen LogP contribution in [0.5, 0.6) is 5.75 Å². The van der Waals surface area contributed by atoms with E-state index >= 15 is 0 Å². The van der Waals surface area contributed by atoms with E-state index in [1.165, 1.54) is 0 Å². The van der Waals surface area contributed by atoms with E-state index in [0.717, 1.165) is 22.6 Å². The lowest BCUT2D eigenvalue weighted by molar-refractivity contribution is 0.0945. The number of hydrogen-bond acceptors (Lipinski definition) is 5. The molecule has 1 heterocycles. The number of benzene rings is 3. The predicted molar refractivity (Wildman–Crippen MR) is 124 cm³/mol. The number of amides is 1. The minimum Gasteiger partial charge on any atom is -0.490 e. The number of nitrogens with one attached hydrogen (secondary N) is 1. The lowest BCUT2D eigenvalue weighted by Crippen LogP contribution is -2.19. The summed E-state index contributed by atoms with van der Waals surface area (Å²) in [5.41, 5.74) is 4.95. The fourth-order valence-electron chi connectivity index (χ4n) is 2.95. The molecule has 7 nitrogen and oxygen atoms in total. The highest BCUT2D eigenvalue weighted by atomic mass is 16.5. The van der Waals surface area contributed by atoms with Crippen LogP contribution in [-0.4, -0.2) is 33.5 Å². The van der Waals surface area contributed by atoms with Crippen molar-refractivity contribution in [2.75, 3.05) is 6.61 Å². The van der Waals surface area contributed by atoms with Gasteiger partial charge in [0.15, 0.2) is 5.82 Å². The van der Waals surface area contributed by atoms with Gasteiger partial charge in [-0.25, -0.2) is 15.1 Å². The Kier molecular flexibility index (Phi) is 6.48. The Morgan fingerprint density at radius 3 is 2.38 bits per heavy atom. The van der Waals surface area contributed by atoms with E-state index in [1.54, 1.807) is 17.0 Å². The molecule has 0 aliphatic heterocycles. The number of ether oxygens (including phenoxy) is 1. The van der Waals surface area contributed by atoms with E-state index in [4.69, 9.17) is 4.74 Å². The van der Waals surface area contributed by atoms with Crippen LogP contribution in [0.2, 0.25) is 0 Å². The summed E-state index contributed by atoms with van der Waals surface area (Å²) in [4.78, 5) is 17.1. The maximum Gasteiger partial charge on any atom is 0.311 e. The molecule has 0 saturated heterocycles. The third kappa shape index (κ3) is 4.96. The monoisotopic (exact) mass is 423 g/mol. The fourth-order valence-corrected chi connectivity index (χ4v) is 2.95. The lowest BCUT2D eigenvalue weighted by atomic mass is 10.2. The van der Waals surface area contributed by atoms with Crippen molar-refractivity contribution in [1.29, 1.82) is 0 Å². The first-order valence-corrected chi connectivity index (χ1v) is 9.99. The SMILES string of the molecule is C=CCOc1ccc(C=NNC(=O)c2nc(-c3ccccc3)n(-c3ccccc3)n2)cc1. The van der Waals surface area contributed by atoms with Crippen molar-refractivity contribution in [2.45, 2.75) is 0 Å². The minimum absolute atomic E-state index is 0.0260. The maximum atomic E-state index is 12.6. The van der Waals surface area contributed by atoms with Gasteiger partial charge >= 0.3 is 5.91 Å². The molecule has 0 aliphatic carbocycles. The molecule has 1 amide bonds. The molecule has 0 spiro atoms. The predicted octanol–water partition coefficient (Wildman–Crippen LogP) is 4.26. The number of hydrogen-bond donors (Lipinski definition) is 1. The second-order valence-corrected chi connectivity index (χ2v) is 6.74. The standard InChI is InChI=1S/C25H21N5O2/c1-2-17-32-22-15-13-19(14-16-22)18-26-28-25(31)23-27-24(20-9-5-3-6-10-20)30(29-23)21-11-7-4-8-12-21/h2-16,18H,1,17H2,(H,28,31). The van der Waals surface area contributed by atoms with Gasteiger partial charge in [-0.3, -0.25) is 4.79 Å². The lowest BCUT2D eigenvalue weighted by Gasteiger charge is -2.05. The average Bonchev–Trinajstić information content (AvgIpc) is 3.30. The van der Waals surface area contributed by atoms with Crippen molar-refractivity contribution < 1.29 is 9.53 Å². The minimum atomic E-state index is -0.501. The zero-order valence-corrected chi connectivity index (χ0v) is 17.3. The van der Waals surface area contributed by atoms with Gasteiger partial charge in [0, 0.05) is 5.56 Å². The average molecular weight is 423 g/mol. The number of aromatic nitrogens is 3. The molecular formula is C25H21N5O2. The summed E-state index contributed by atoms with van der Waals surface area (Å²) in [5, 5.41) is 8.44. The van der Waals surface area contributed by atoms with Gasteiger partial charge in [-0.2, -0.15) is 5.10 Å². The number of hydrazone groups is 1. The first-order valence-electron chi connectivity index (χ1n) is 9.99. The van der Waals surface area contributed by atoms with E-state index in [1.807, 2.05) is 84.9 Å². The molecule has 0 radical (unpaired) electrons. The van der Waals surface area contributed by atoms with Gasteiger partial charge in [0.2, 0.25) is 5.82 Å². The number of carbonyl (C=O) groups is 1. The summed E-state index contributed by atoms with van der Waals surface area (Å²) in [6, 6.07) is 26.5. The van der Waals surface area contributed by atoms with Crippen LogP contribution >= 0.6 is 0 Å². The second kappa shape index (κ2) is 9.99. The first kappa shape index (κ1) is 20.7. The zero-order valence-electron chi connectivity index (χ0n) is 17.3. The third-order valence-corrected chi connectivity index (χ3v) is 4.47. The largest absolute Gasteiger partial charge is 0.490 e. The summed E-state index contributed by atoms with van der Waals surface area (Å²) in [6.45, 7) is 4.06. The van der Waals surface area contributed by atoms with E-state index in [9.17, 15) is 4.79 Å². The summed E-state index contributed by atoms with van der Waals surface area (Å²) in [6.07, 6.45) is 3.22. The van der Waals surface area contributed by atoms with Crippen molar-refractivity contribution in [1.82, 2.24) is 20.2 Å². The maximum absolute atomic E-state index is 12.6. The molecule has 0 atom stereocenters. The van der Waals surface area contributed by atoms with E-state index in [-0.39, 0.29) is 5.82 Å². The van der Waals surface area contributed by atoms with Gasteiger partial charge in [0.05, 0.1) is 11.9 Å². The Morgan fingerprint density at radius 1 is 1.00 bits per heavy atom. The summed E-state index contributed by atoms with van der Waals surface area (Å²) >= 11 is 0. The van der Waals surface area contributed by atoms with Crippen LogP contribution in [0.1, 0.15) is 16.2 Å². The molecule has 1 aromatic heterocycles. The molecule has 0 aliphatic rings. The molecule has 0 saturated carbocycles. The summed E-state index contributed by atoms with van der Waals surface area (Å²) in [5.74, 6) is 0.827. The fraction of sp³-hybridized carbons (Fsp3) is 0.0400. The Hall–Kier alpha value is -4.52. The van der Waals surface area contributed by atoms with Crippen molar-refractivity contribution in [3.8, 4) is 22.8 Å². The molecule has 0 fully saturated rings. The third-order valence-electron chi connectivity index (χ3n) is 4.47. The topological polar surface area (TPSA) is 81.4 Å². The van der Waals surface area contributed by atoms with Gasteiger partial charge in [0.25, 0.3) is 0 Å². The van der Waals surface area contributed by atoms with E-state index < -0.39 is 5.91 Å². The molecule has 3 aromatic carbocycles. The molecule has 0 bridgehead atoms. The van der Waals surface area contributed by atoms with Crippen LogP contribution in [0.15, 0.2) is 103 Å². The van der Waals surface area contributed by atoms with Gasteiger partial charge < -0.3 is 4.74 Å². The summed E-state index contributed by atoms with van der Waals surface area (Å²) in [7, 11) is 0. The second-order valence-electron chi connectivity index (χ2n) is 6.74. The highest BCUT2D eigenvalue weighted by molar-refractivity contribution is 5.92. The highest BCUT2D eigenvalue weighted by Gasteiger charge is 2.18. The van der Waals surface area contributed by atoms with Crippen molar-refractivity contribution in [3.63, 3.8) is 0 Å². The number of carbonyl (C=O) groups excluding carboxylic acids is 1. The molecule has 0 unspecified atom stereocenters. The number of nitrogens with zero attached hydrogens (tertiary/aromatic N) is 4. The first-order chi connectivity index (χ1) is 15.7. The number of para-hydroxylation sites is 1. The molecule has 32 heavy (non-hydrogen) atoms. The molecule has 158 valence electrons. The van der Waals surface area contributed by atoms with Crippen LogP contribution in [-0.2, 0) is 0 Å². The van der Waals surface area contributed by atoms with Crippen LogP contribution in [0, 0.1) is 0 Å². The Balaban J connectivity index is 1.52. The van der Waals surface area contributed by atoms with Crippen LogP contribution in [0.4, 0.5) is 0 Å². The molecule has 1 N–H and O–H groups in total. The van der Waals surface area contributed by atoms with Gasteiger partial charge in [0.1, 0.15) is 12.4 Å². The quantitative estimate of drug-likeness (QED) is 0.261. The van der Waals surface area contributed by atoms with Gasteiger partial charge in [-0.15, -0.1) is 5.10 Å². The smallest absolute Gasteiger partial charge is 0.311 e. The van der Waals surface area contributed by atoms with Crippen molar-refractivity contribution in [3.05, 3.63) is 109 Å². The van der Waals surface area contributed by atoms with Crippen LogP contribution in [0.25, 0.3) is 17.1 Å². The summed E-state index contributed by atoms with van der Waals surface area (Å²) < 4.78 is 7.09.